The molecule has 1 rings (SSSR count). The van der Waals surface area contributed by atoms with Gasteiger partial charge in [0.05, 0.1) is 0 Å². The van der Waals surface area contributed by atoms with Crippen LogP contribution in [0, 0.1) is 5.82 Å². The molecule has 0 spiro atoms. The van der Waals surface area contributed by atoms with Gasteiger partial charge in [-0.2, -0.15) is 8.78 Å². The van der Waals surface area contributed by atoms with Crippen LogP contribution in [0.1, 0.15) is 25.3 Å². The van der Waals surface area contributed by atoms with Crippen molar-refractivity contribution >= 4 is 5.96 Å². The second kappa shape index (κ2) is 11.6. The van der Waals surface area contributed by atoms with Gasteiger partial charge in [-0.05, 0) is 31.9 Å². The first-order chi connectivity index (χ1) is 11.6. The van der Waals surface area contributed by atoms with Gasteiger partial charge < -0.3 is 20.1 Å². The largest absolute Gasteiger partial charge is 0.434 e. The van der Waals surface area contributed by atoms with Crippen molar-refractivity contribution in [2.75, 3.05) is 26.8 Å². The Labute approximate surface area is 140 Å². The monoisotopic (exact) mass is 347 g/mol. The molecule has 0 aromatic heterocycles. The van der Waals surface area contributed by atoms with Gasteiger partial charge in [0.1, 0.15) is 11.6 Å². The topological polar surface area (TPSA) is 54.9 Å². The first kappa shape index (κ1) is 20.1. The SMILES string of the molecule is CCOCCCCNC(=NC)NCc1c(F)cccc1OC(F)F. The Bertz CT molecular complexity index is 513. The van der Waals surface area contributed by atoms with Crippen LogP contribution in [0.25, 0.3) is 0 Å². The predicted octanol–water partition coefficient (Wildman–Crippen LogP) is 2.91. The van der Waals surface area contributed by atoms with E-state index in [1.165, 1.54) is 18.2 Å². The number of rotatable bonds is 10. The molecule has 136 valence electrons. The summed E-state index contributed by atoms with van der Waals surface area (Å²) >= 11 is 0. The molecule has 0 aliphatic rings. The molecule has 0 aliphatic heterocycles. The second-order valence-electron chi connectivity index (χ2n) is 4.85. The highest BCUT2D eigenvalue weighted by molar-refractivity contribution is 5.79. The Morgan fingerprint density at radius 3 is 2.71 bits per heavy atom. The maximum Gasteiger partial charge on any atom is 0.387 e. The summed E-state index contributed by atoms with van der Waals surface area (Å²) in [7, 11) is 1.58. The number of nitrogens with zero attached hydrogens (tertiary/aromatic N) is 1. The van der Waals surface area contributed by atoms with Gasteiger partial charge in [-0.1, -0.05) is 6.07 Å². The molecule has 8 heteroatoms. The summed E-state index contributed by atoms with van der Waals surface area (Å²) < 4.78 is 48.2. The molecule has 0 amide bonds. The van der Waals surface area contributed by atoms with Crippen LogP contribution in [0.2, 0.25) is 0 Å². The Morgan fingerprint density at radius 2 is 2.04 bits per heavy atom. The summed E-state index contributed by atoms with van der Waals surface area (Å²) in [4.78, 5) is 4.01. The van der Waals surface area contributed by atoms with E-state index in [2.05, 4.69) is 20.4 Å². The number of nitrogens with one attached hydrogen (secondary N) is 2. The predicted molar refractivity (Wildman–Crippen MR) is 87.0 cm³/mol. The zero-order chi connectivity index (χ0) is 17.8. The smallest absolute Gasteiger partial charge is 0.387 e. The molecule has 0 heterocycles. The van der Waals surface area contributed by atoms with E-state index < -0.39 is 12.4 Å². The fourth-order valence-electron chi connectivity index (χ4n) is 1.99. The number of benzene rings is 1. The molecule has 24 heavy (non-hydrogen) atoms. The van der Waals surface area contributed by atoms with Crippen molar-refractivity contribution in [1.29, 1.82) is 0 Å². The lowest BCUT2D eigenvalue weighted by Gasteiger charge is -2.15. The van der Waals surface area contributed by atoms with Crippen LogP contribution in [-0.4, -0.2) is 39.4 Å². The summed E-state index contributed by atoms with van der Waals surface area (Å²) in [6.07, 6.45) is 1.80. The highest BCUT2D eigenvalue weighted by Crippen LogP contribution is 2.23. The van der Waals surface area contributed by atoms with Crippen LogP contribution in [0.4, 0.5) is 13.2 Å². The van der Waals surface area contributed by atoms with Gasteiger partial charge in [0.25, 0.3) is 0 Å². The number of ether oxygens (including phenoxy) is 2. The summed E-state index contributed by atoms with van der Waals surface area (Å²) in [5.74, 6) is -0.352. The molecule has 1 aromatic rings. The maximum absolute atomic E-state index is 13.8. The molecule has 0 atom stereocenters. The molecular formula is C16H24F3N3O2. The third-order valence-corrected chi connectivity index (χ3v) is 3.16. The molecular weight excluding hydrogens is 323 g/mol. The Morgan fingerprint density at radius 1 is 1.25 bits per heavy atom. The van der Waals surface area contributed by atoms with E-state index in [4.69, 9.17) is 4.74 Å². The van der Waals surface area contributed by atoms with Gasteiger partial charge in [-0.15, -0.1) is 0 Å². The van der Waals surface area contributed by atoms with Crippen LogP contribution in [-0.2, 0) is 11.3 Å². The molecule has 2 N–H and O–H groups in total. The maximum atomic E-state index is 13.8. The minimum atomic E-state index is -3.01. The van der Waals surface area contributed by atoms with E-state index in [-0.39, 0.29) is 17.9 Å². The third-order valence-electron chi connectivity index (χ3n) is 3.16. The van der Waals surface area contributed by atoms with Crippen molar-refractivity contribution in [2.45, 2.75) is 32.9 Å². The summed E-state index contributed by atoms with van der Waals surface area (Å²) in [6.45, 7) is 0.986. The molecule has 0 saturated heterocycles. The second-order valence-corrected chi connectivity index (χ2v) is 4.85. The fraction of sp³-hybridized carbons (Fsp3) is 0.562. The van der Waals surface area contributed by atoms with E-state index in [1.807, 2.05) is 6.92 Å². The van der Waals surface area contributed by atoms with Crippen molar-refractivity contribution in [3.8, 4) is 5.75 Å². The van der Waals surface area contributed by atoms with Crippen molar-refractivity contribution in [2.24, 2.45) is 4.99 Å². The molecule has 0 unspecified atom stereocenters. The van der Waals surface area contributed by atoms with Gasteiger partial charge in [0.15, 0.2) is 5.96 Å². The van der Waals surface area contributed by atoms with Crippen LogP contribution in [0.5, 0.6) is 5.75 Å². The molecule has 1 aromatic carbocycles. The number of guanidine groups is 1. The third kappa shape index (κ3) is 7.54. The first-order valence-electron chi connectivity index (χ1n) is 7.83. The Balaban J connectivity index is 2.48. The van der Waals surface area contributed by atoms with Gasteiger partial charge in [0.2, 0.25) is 0 Å². The molecule has 0 radical (unpaired) electrons. The normalized spacial score (nSPS) is 11.7. The zero-order valence-electron chi connectivity index (χ0n) is 13.9. The van der Waals surface area contributed by atoms with E-state index in [1.54, 1.807) is 7.05 Å². The van der Waals surface area contributed by atoms with Crippen LogP contribution >= 0.6 is 0 Å². The van der Waals surface area contributed by atoms with Gasteiger partial charge in [0, 0.05) is 38.9 Å². The van der Waals surface area contributed by atoms with Crippen LogP contribution in [0.3, 0.4) is 0 Å². The van der Waals surface area contributed by atoms with E-state index in [9.17, 15) is 13.2 Å². The standard InChI is InChI=1S/C16H24F3N3O2/c1-3-23-10-5-4-9-21-16(20-2)22-11-12-13(17)7-6-8-14(12)24-15(18)19/h6-8,15H,3-5,9-11H2,1-2H3,(H2,20,21,22). The van der Waals surface area contributed by atoms with Crippen molar-refractivity contribution < 1.29 is 22.6 Å². The van der Waals surface area contributed by atoms with E-state index in [0.717, 1.165) is 12.8 Å². The number of hydrogen-bond acceptors (Lipinski definition) is 3. The lowest BCUT2D eigenvalue weighted by atomic mass is 10.2. The van der Waals surface area contributed by atoms with Crippen molar-refractivity contribution in [3.05, 3.63) is 29.6 Å². The summed E-state index contributed by atoms with van der Waals surface area (Å²) in [6, 6.07) is 3.82. The average molecular weight is 347 g/mol. The van der Waals surface area contributed by atoms with E-state index >= 15 is 0 Å². The van der Waals surface area contributed by atoms with Crippen LogP contribution < -0.4 is 15.4 Å². The number of aliphatic imine (C=N–C) groups is 1. The minimum Gasteiger partial charge on any atom is -0.434 e. The van der Waals surface area contributed by atoms with Crippen LogP contribution in [0.15, 0.2) is 23.2 Å². The number of hydrogen-bond donors (Lipinski definition) is 2. The lowest BCUT2D eigenvalue weighted by Crippen LogP contribution is -2.37. The number of unbranched alkanes of at least 4 members (excludes halogenated alkanes) is 1. The quantitative estimate of drug-likeness (QED) is 0.388. The summed E-state index contributed by atoms with van der Waals surface area (Å²) in [5, 5.41) is 5.95. The molecule has 5 nitrogen and oxygen atoms in total. The summed E-state index contributed by atoms with van der Waals surface area (Å²) in [5.41, 5.74) is 0.0251. The minimum absolute atomic E-state index is 0.0205. The molecule has 0 bridgehead atoms. The Kier molecular flexibility index (Phi) is 9.67. The van der Waals surface area contributed by atoms with E-state index in [0.29, 0.717) is 25.7 Å². The molecule has 0 fully saturated rings. The van der Waals surface area contributed by atoms with Crippen molar-refractivity contribution in [1.82, 2.24) is 10.6 Å². The average Bonchev–Trinajstić information content (AvgIpc) is 2.54. The molecule has 0 aliphatic carbocycles. The zero-order valence-corrected chi connectivity index (χ0v) is 13.9. The lowest BCUT2D eigenvalue weighted by molar-refractivity contribution is -0.0506. The van der Waals surface area contributed by atoms with Crippen molar-refractivity contribution in [3.63, 3.8) is 0 Å². The number of halogens is 3. The Hall–Kier alpha value is -1.96. The highest BCUT2D eigenvalue weighted by Gasteiger charge is 2.14. The van der Waals surface area contributed by atoms with Gasteiger partial charge in [-0.25, -0.2) is 4.39 Å². The van der Waals surface area contributed by atoms with Gasteiger partial charge >= 0.3 is 6.61 Å². The highest BCUT2D eigenvalue weighted by atomic mass is 19.3. The fourth-order valence-corrected chi connectivity index (χ4v) is 1.99. The number of alkyl halides is 2. The molecule has 0 saturated carbocycles. The first-order valence-corrected chi connectivity index (χ1v) is 7.83. The van der Waals surface area contributed by atoms with Gasteiger partial charge in [-0.3, -0.25) is 4.99 Å².